The van der Waals surface area contributed by atoms with Gasteiger partial charge in [0.25, 0.3) is 0 Å². The lowest BCUT2D eigenvalue weighted by molar-refractivity contribution is -0.146. The lowest BCUT2D eigenvalue weighted by atomic mass is 9.90. The summed E-state index contributed by atoms with van der Waals surface area (Å²) in [4.78, 5) is 25.0. The maximum absolute atomic E-state index is 13.6. The fraction of sp³-hybridized carbons (Fsp3) is 0.500. The molecule has 1 aliphatic carbocycles. The maximum Gasteiger partial charge on any atom is 0.317 e. The van der Waals surface area contributed by atoms with E-state index in [2.05, 4.69) is 21.2 Å². The Bertz CT molecular complexity index is 669. The fourth-order valence-electron chi connectivity index (χ4n) is 3.02. The largest absolute Gasteiger partial charge is 0.481 e. The zero-order valence-corrected chi connectivity index (χ0v) is 14.3. The van der Waals surface area contributed by atoms with Gasteiger partial charge in [-0.25, -0.2) is 9.18 Å². The van der Waals surface area contributed by atoms with E-state index in [1.54, 1.807) is 17.9 Å². The van der Waals surface area contributed by atoms with Crippen LogP contribution in [0, 0.1) is 11.2 Å². The molecule has 3 atom stereocenters. The molecule has 2 aliphatic rings. The number of halogens is 2. The summed E-state index contributed by atoms with van der Waals surface area (Å²) in [5.41, 5.74) is 0.00239. The molecule has 1 unspecified atom stereocenters. The lowest BCUT2D eigenvalue weighted by Crippen LogP contribution is -2.42. The lowest BCUT2D eigenvalue weighted by Gasteiger charge is -2.20. The van der Waals surface area contributed by atoms with Crippen LogP contribution in [0.25, 0.3) is 0 Å². The molecule has 1 aromatic rings. The van der Waals surface area contributed by atoms with Crippen LogP contribution in [-0.4, -0.2) is 41.1 Å². The smallest absolute Gasteiger partial charge is 0.317 e. The molecule has 1 heterocycles. The Labute approximate surface area is 142 Å². The summed E-state index contributed by atoms with van der Waals surface area (Å²) in [6.07, 6.45) is 1.23. The van der Waals surface area contributed by atoms with Gasteiger partial charge < -0.3 is 15.3 Å². The van der Waals surface area contributed by atoms with Crippen molar-refractivity contribution >= 4 is 27.9 Å². The van der Waals surface area contributed by atoms with Crippen LogP contribution in [0.15, 0.2) is 22.7 Å². The van der Waals surface area contributed by atoms with Crippen molar-refractivity contribution in [3.8, 4) is 0 Å². The number of rotatable bonds is 3. The number of likely N-dealkylation sites (tertiary alicyclic amines) is 1. The molecule has 1 aliphatic heterocycles. The number of carboxylic acid groups (broad SMARTS) is 1. The Morgan fingerprint density at radius 3 is 2.83 bits per heavy atom. The molecule has 0 aromatic heterocycles. The minimum Gasteiger partial charge on any atom is -0.481 e. The monoisotopic (exact) mass is 384 g/mol. The first-order valence-corrected chi connectivity index (χ1v) is 8.33. The van der Waals surface area contributed by atoms with E-state index in [0.29, 0.717) is 17.4 Å². The highest BCUT2D eigenvalue weighted by Crippen LogP contribution is 2.42. The Balaban J connectivity index is 1.56. The average Bonchev–Trinajstić information content (AvgIpc) is 3.13. The van der Waals surface area contributed by atoms with Gasteiger partial charge in [0, 0.05) is 25.0 Å². The highest BCUT2D eigenvalue weighted by molar-refractivity contribution is 9.10. The third-order valence-corrected chi connectivity index (χ3v) is 5.39. The van der Waals surface area contributed by atoms with Gasteiger partial charge in [-0.15, -0.1) is 0 Å². The number of nitrogens with zero attached hydrogens (tertiary/aromatic N) is 1. The number of aliphatic carboxylic acids is 1. The van der Waals surface area contributed by atoms with E-state index in [1.807, 2.05) is 6.07 Å². The van der Waals surface area contributed by atoms with Crippen LogP contribution in [0.1, 0.15) is 31.2 Å². The van der Waals surface area contributed by atoms with Gasteiger partial charge in [-0.3, -0.25) is 4.79 Å². The van der Waals surface area contributed by atoms with Crippen molar-refractivity contribution in [2.24, 2.45) is 5.41 Å². The minimum atomic E-state index is -0.873. The van der Waals surface area contributed by atoms with Crippen LogP contribution in [0.3, 0.4) is 0 Å². The van der Waals surface area contributed by atoms with Gasteiger partial charge in [-0.2, -0.15) is 0 Å². The molecule has 2 amide bonds. The second-order valence-corrected chi connectivity index (χ2v) is 7.46. The molecule has 1 saturated carbocycles. The Morgan fingerprint density at radius 2 is 2.22 bits per heavy atom. The molecule has 2 fully saturated rings. The highest BCUT2D eigenvalue weighted by Gasteiger charge is 2.45. The number of carbonyl (C=O) groups is 2. The van der Waals surface area contributed by atoms with E-state index in [1.165, 1.54) is 6.07 Å². The Kier molecular flexibility index (Phi) is 4.08. The molecule has 124 valence electrons. The van der Waals surface area contributed by atoms with Gasteiger partial charge in [-0.1, -0.05) is 6.07 Å². The van der Waals surface area contributed by atoms with Gasteiger partial charge in [-0.05, 0) is 53.4 Å². The van der Waals surface area contributed by atoms with Crippen molar-refractivity contribution < 1.29 is 19.1 Å². The molecule has 5 nitrogen and oxygen atoms in total. The van der Waals surface area contributed by atoms with Crippen molar-refractivity contribution in [2.75, 3.05) is 13.1 Å². The number of amides is 2. The number of nitrogens with one attached hydrogen (secondary N) is 1. The molecule has 3 rings (SSSR count). The van der Waals surface area contributed by atoms with Gasteiger partial charge >= 0.3 is 12.0 Å². The standard InChI is InChI=1S/C16H18BrFN2O3/c1-16(14(21)22)4-5-20(8-16)15(23)19-13-7-10(13)9-2-3-11(17)12(18)6-9/h2-3,6,10,13H,4-5,7-8H2,1H3,(H,19,23)(H,21,22)/t10-,13+,16?/m0/s1. The van der Waals surface area contributed by atoms with Gasteiger partial charge in [0.1, 0.15) is 5.82 Å². The third-order valence-electron chi connectivity index (χ3n) is 4.75. The summed E-state index contributed by atoms with van der Waals surface area (Å²) >= 11 is 3.12. The average molecular weight is 385 g/mol. The van der Waals surface area contributed by atoms with Gasteiger partial charge in [0.05, 0.1) is 9.89 Å². The maximum atomic E-state index is 13.6. The predicted molar refractivity (Wildman–Crippen MR) is 85.7 cm³/mol. The van der Waals surface area contributed by atoms with E-state index >= 15 is 0 Å². The van der Waals surface area contributed by atoms with Crippen LogP contribution in [0.5, 0.6) is 0 Å². The van der Waals surface area contributed by atoms with Gasteiger partial charge in [0.2, 0.25) is 0 Å². The summed E-state index contributed by atoms with van der Waals surface area (Å²) < 4.78 is 14.0. The van der Waals surface area contributed by atoms with E-state index in [-0.39, 0.29) is 30.4 Å². The molecular weight excluding hydrogens is 367 g/mol. The molecule has 23 heavy (non-hydrogen) atoms. The zero-order valence-electron chi connectivity index (χ0n) is 12.7. The number of hydrogen-bond acceptors (Lipinski definition) is 2. The van der Waals surface area contributed by atoms with E-state index in [0.717, 1.165) is 12.0 Å². The third kappa shape index (κ3) is 3.20. The quantitative estimate of drug-likeness (QED) is 0.841. The molecule has 1 saturated heterocycles. The summed E-state index contributed by atoms with van der Waals surface area (Å²) in [5, 5.41) is 12.1. The SMILES string of the molecule is CC1(C(=O)O)CCN(C(=O)N[C@@H]2C[C@H]2c2ccc(Br)c(F)c2)C1. The fourth-order valence-corrected chi connectivity index (χ4v) is 3.27. The number of hydrogen-bond donors (Lipinski definition) is 2. The van der Waals surface area contributed by atoms with E-state index in [4.69, 9.17) is 0 Å². The van der Waals surface area contributed by atoms with E-state index < -0.39 is 11.4 Å². The minimum absolute atomic E-state index is 0.0141. The molecule has 0 spiro atoms. The molecule has 2 N–H and O–H groups in total. The molecule has 0 radical (unpaired) electrons. The first kappa shape index (κ1) is 16.2. The summed E-state index contributed by atoms with van der Waals surface area (Å²) in [6.45, 7) is 2.32. The first-order chi connectivity index (χ1) is 10.8. The van der Waals surface area contributed by atoms with Crippen molar-refractivity contribution in [1.29, 1.82) is 0 Å². The van der Waals surface area contributed by atoms with Crippen LogP contribution in [0.2, 0.25) is 0 Å². The zero-order chi connectivity index (χ0) is 16.8. The second-order valence-electron chi connectivity index (χ2n) is 6.61. The Hall–Kier alpha value is -1.63. The number of carboxylic acids is 1. The van der Waals surface area contributed by atoms with Crippen molar-refractivity contribution in [1.82, 2.24) is 10.2 Å². The predicted octanol–water partition coefficient (Wildman–Crippen LogP) is 2.95. The number of carbonyl (C=O) groups excluding carboxylic acids is 1. The molecular formula is C16H18BrFN2O3. The van der Waals surface area contributed by atoms with Gasteiger partial charge in [0.15, 0.2) is 0 Å². The summed E-state index contributed by atoms with van der Waals surface area (Å²) in [5.74, 6) is -1.06. The Morgan fingerprint density at radius 1 is 1.48 bits per heavy atom. The topological polar surface area (TPSA) is 69.6 Å². The van der Waals surface area contributed by atoms with Crippen molar-refractivity contribution in [3.63, 3.8) is 0 Å². The molecule has 1 aromatic carbocycles. The van der Waals surface area contributed by atoms with Crippen LogP contribution in [-0.2, 0) is 4.79 Å². The number of urea groups is 1. The highest BCUT2D eigenvalue weighted by atomic mass is 79.9. The first-order valence-electron chi connectivity index (χ1n) is 7.54. The number of benzene rings is 1. The summed E-state index contributed by atoms with van der Waals surface area (Å²) in [7, 11) is 0. The van der Waals surface area contributed by atoms with Crippen LogP contribution >= 0.6 is 15.9 Å². The molecule has 7 heteroatoms. The van der Waals surface area contributed by atoms with Crippen molar-refractivity contribution in [2.45, 2.75) is 31.7 Å². The molecule has 0 bridgehead atoms. The van der Waals surface area contributed by atoms with Crippen molar-refractivity contribution in [3.05, 3.63) is 34.1 Å². The normalized spacial score (nSPS) is 29.4. The second kappa shape index (κ2) is 5.78. The van der Waals surface area contributed by atoms with Crippen LogP contribution < -0.4 is 5.32 Å². The van der Waals surface area contributed by atoms with E-state index in [9.17, 15) is 19.1 Å². The summed E-state index contributed by atoms with van der Waals surface area (Å²) in [6, 6.07) is 4.75. The van der Waals surface area contributed by atoms with Crippen LogP contribution in [0.4, 0.5) is 9.18 Å².